The maximum Gasteiger partial charge on any atom is 0.248 e. The van der Waals surface area contributed by atoms with Crippen LogP contribution >= 0.6 is 11.8 Å². The van der Waals surface area contributed by atoms with Crippen molar-refractivity contribution in [1.29, 1.82) is 0 Å². The summed E-state index contributed by atoms with van der Waals surface area (Å²) in [5, 5.41) is 0.741. The van der Waals surface area contributed by atoms with Gasteiger partial charge in [-0.1, -0.05) is 30.0 Å². The largest absolute Gasteiger partial charge is 0.497 e. The Morgan fingerprint density at radius 2 is 1.86 bits per heavy atom. The number of hydrogen-bond acceptors (Lipinski definition) is 7. The summed E-state index contributed by atoms with van der Waals surface area (Å²) >= 11 is 1.33. The van der Waals surface area contributed by atoms with Crippen molar-refractivity contribution >= 4 is 29.5 Å². The molecule has 1 saturated heterocycles. The van der Waals surface area contributed by atoms with Gasteiger partial charge in [0.05, 0.1) is 30.5 Å². The Morgan fingerprint density at radius 3 is 2.50 bits per heavy atom. The van der Waals surface area contributed by atoms with Gasteiger partial charge in [0.2, 0.25) is 17.7 Å². The molecular formula is C26H34N4O5S. The monoisotopic (exact) mass is 514 g/mol. The molecule has 0 aliphatic carbocycles. The van der Waals surface area contributed by atoms with Crippen molar-refractivity contribution < 1.29 is 23.9 Å². The molecule has 1 aromatic heterocycles. The Bertz CT molecular complexity index is 1000. The van der Waals surface area contributed by atoms with Crippen LogP contribution in [0.5, 0.6) is 5.75 Å². The van der Waals surface area contributed by atoms with Crippen molar-refractivity contribution in [2.24, 2.45) is 0 Å². The maximum absolute atomic E-state index is 13.2. The summed E-state index contributed by atoms with van der Waals surface area (Å²) < 4.78 is 11.2. The molecule has 9 nitrogen and oxygen atoms in total. The lowest BCUT2D eigenvalue weighted by molar-refractivity contribution is -0.139. The maximum atomic E-state index is 13.2. The smallest absolute Gasteiger partial charge is 0.248 e. The van der Waals surface area contributed by atoms with Crippen LogP contribution in [0.1, 0.15) is 19.4 Å². The Labute approximate surface area is 216 Å². The number of benzene rings is 1. The van der Waals surface area contributed by atoms with Gasteiger partial charge in [0.25, 0.3) is 0 Å². The predicted octanol–water partition coefficient (Wildman–Crippen LogP) is 2.31. The summed E-state index contributed by atoms with van der Waals surface area (Å²) in [6.45, 7) is 5.79. The first kappa shape index (κ1) is 27.5. The third kappa shape index (κ3) is 7.96. The van der Waals surface area contributed by atoms with Crippen LogP contribution in [0, 0.1) is 0 Å². The van der Waals surface area contributed by atoms with Gasteiger partial charge in [-0.15, -0.1) is 0 Å². The van der Waals surface area contributed by atoms with Gasteiger partial charge in [-0.2, -0.15) is 0 Å². The number of nitrogens with zero attached hydrogens (tertiary/aromatic N) is 4. The SMILES string of the molecule is CCN(CC)C(=O)CO[C@H]1CN(C(=O)CSc2ccccn2)CC(=O)N(Cc2ccc(OC)cc2)C1. The first-order valence-corrected chi connectivity index (χ1v) is 13.0. The number of hydrogen-bond donors (Lipinski definition) is 0. The molecule has 1 fully saturated rings. The molecular weight excluding hydrogens is 480 g/mol. The van der Waals surface area contributed by atoms with Crippen LogP contribution in [0.3, 0.4) is 0 Å². The van der Waals surface area contributed by atoms with Crippen molar-refractivity contribution in [3.05, 3.63) is 54.2 Å². The molecule has 10 heteroatoms. The second kappa shape index (κ2) is 13.8. The molecule has 2 heterocycles. The minimum atomic E-state index is -0.488. The number of carbonyl (C=O) groups excluding carboxylic acids is 3. The highest BCUT2D eigenvalue weighted by Gasteiger charge is 2.31. The summed E-state index contributed by atoms with van der Waals surface area (Å²) in [6, 6.07) is 13.0. The molecule has 0 bridgehead atoms. The minimum Gasteiger partial charge on any atom is -0.497 e. The van der Waals surface area contributed by atoms with E-state index in [1.807, 2.05) is 56.3 Å². The molecule has 0 spiro atoms. The zero-order valence-electron chi connectivity index (χ0n) is 21.1. The minimum absolute atomic E-state index is 0.0401. The van der Waals surface area contributed by atoms with Crippen LogP contribution in [-0.2, 0) is 25.7 Å². The lowest BCUT2D eigenvalue weighted by Crippen LogP contribution is -2.42. The van der Waals surface area contributed by atoms with E-state index in [1.54, 1.807) is 23.1 Å². The molecule has 0 unspecified atom stereocenters. The second-order valence-corrected chi connectivity index (χ2v) is 9.35. The second-order valence-electron chi connectivity index (χ2n) is 8.35. The average molecular weight is 515 g/mol. The van der Waals surface area contributed by atoms with E-state index >= 15 is 0 Å². The molecule has 3 rings (SSSR count). The van der Waals surface area contributed by atoms with Crippen LogP contribution in [-0.4, -0.2) is 95.7 Å². The van der Waals surface area contributed by atoms with Crippen molar-refractivity contribution in [3.8, 4) is 5.75 Å². The lowest BCUT2D eigenvalue weighted by atomic mass is 10.2. The molecule has 1 aliphatic rings. The number of methoxy groups -OCH3 is 1. The Kier molecular flexibility index (Phi) is 10.6. The molecule has 1 aliphatic heterocycles. The summed E-state index contributed by atoms with van der Waals surface area (Å²) in [6.07, 6.45) is 1.19. The molecule has 194 valence electrons. The highest BCUT2D eigenvalue weighted by Crippen LogP contribution is 2.18. The Balaban J connectivity index is 1.71. The highest BCUT2D eigenvalue weighted by molar-refractivity contribution is 7.99. The van der Waals surface area contributed by atoms with E-state index in [4.69, 9.17) is 9.47 Å². The molecule has 36 heavy (non-hydrogen) atoms. The van der Waals surface area contributed by atoms with E-state index in [2.05, 4.69) is 4.98 Å². The molecule has 0 radical (unpaired) electrons. The van der Waals surface area contributed by atoms with E-state index < -0.39 is 6.10 Å². The fourth-order valence-electron chi connectivity index (χ4n) is 3.89. The number of pyridine rings is 1. The summed E-state index contributed by atoms with van der Waals surface area (Å²) in [5.74, 6) is 0.450. The van der Waals surface area contributed by atoms with Crippen LogP contribution in [0.15, 0.2) is 53.7 Å². The third-order valence-corrected chi connectivity index (χ3v) is 6.88. The highest BCUT2D eigenvalue weighted by atomic mass is 32.2. The predicted molar refractivity (Wildman–Crippen MR) is 138 cm³/mol. The Morgan fingerprint density at radius 1 is 1.11 bits per heavy atom. The van der Waals surface area contributed by atoms with Gasteiger partial charge in [-0.05, 0) is 43.7 Å². The summed E-state index contributed by atoms with van der Waals surface area (Å²) in [5.41, 5.74) is 0.938. The van der Waals surface area contributed by atoms with Crippen LogP contribution in [0.25, 0.3) is 0 Å². The standard InChI is InChI=1S/C26H34N4O5S/c1-4-28(5-2)25(32)18-35-22-15-29(14-20-9-11-21(34-3)12-10-20)24(31)17-30(16-22)26(33)19-36-23-8-6-7-13-27-23/h6-13,22H,4-5,14-19H2,1-3H3/t22-/m1/s1. The van der Waals surface area contributed by atoms with Crippen LogP contribution in [0.4, 0.5) is 0 Å². The quantitative estimate of drug-likeness (QED) is 0.425. The average Bonchev–Trinajstić information content (AvgIpc) is 3.06. The van der Waals surface area contributed by atoms with Crippen molar-refractivity contribution in [1.82, 2.24) is 19.7 Å². The van der Waals surface area contributed by atoms with E-state index in [-0.39, 0.29) is 49.7 Å². The summed E-state index contributed by atoms with van der Waals surface area (Å²) in [7, 11) is 1.60. The first-order valence-electron chi connectivity index (χ1n) is 12.0. The number of rotatable bonds is 11. The third-order valence-electron chi connectivity index (χ3n) is 5.95. The van der Waals surface area contributed by atoms with Gasteiger partial charge in [-0.3, -0.25) is 14.4 Å². The summed E-state index contributed by atoms with van der Waals surface area (Å²) in [4.78, 5) is 47.9. The molecule has 0 saturated carbocycles. The van der Waals surface area contributed by atoms with Crippen LogP contribution < -0.4 is 4.74 Å². The van der Waals surface area contributed by atoms with Gasteiger partial charge in [0.15, 0.2) is 0 Å². The fraction of sp³-hybridized carbons (Fsp3) is 0.462. The first-order chi connectivity index (χ1) is 17.4. The van der Waals surface area contributed by atoms with Gasteiger partial charge in [-0.25, -0.2) is 4.98 Å². The van der Waals surface area contributed by atoms with Crippen molar-refractivity contribution in [2.75, 3.05) is 52.2 Å². The number of carbonyl (C=O) groups is 3. The topological polar surface area (TPSA) is 92.3 Å². The fourth-order valence-corrected chi connectivity index (χ4v) is 4.66. The van der Waals surface area contributed by atoms with E-state index in [1.165, 1.54) is 16.7 Å². The van der Waals surface area contributed by atoms with Gasteiger partial charge in [0, 0.05) is 38.9 Å². The molecule has 1 atom stereocenters. The number of aromatic nitrogens is 1. The van der Waals surface area contributed by atoms with E-state index in [0.29, 0.717) is 19.6 Å². The van der Waals surface area contributed by atoms with Gasteiger partial charge >= 0.3 is 0 Å². The molecule has 0 N–H and O–H groups in total. The number of likely N-dealkylation sites (N-methyl/N-ethyl adjacent to an activating group) is 1. The number of amides is 3. The molecule has 3 amide bonds. The zero-order chi connectivity index (χ0) is 25.9. The van der Waals surface area contributed by atoms with Gasteiger partial charge in [0.1, 0.15) is 12.4 Å². The van der Waals surface area contributed by atoms with Crippen molar-refractivity contribution in [3.63, 3.8) is 0 Å². The van der Waals surface area contributed by atoms with E-state index in [0.717, 1.165) is 16.3 Å². The lowest BCUT2D eigenvalue weighted by Gasteiger charge is -2.26. The number of thioether (sulfide) groups is 1. The molecule has 2 aromatic rings. The van der Waals surface area contributed by atoms with Crippen LogP contribution in [0.2, 0.25) is 0 Å². The van der Waals surface area contributed by atoms with E-state index in [9.17, 15) is 14.4 Å². The zero-order valence-corrected chi connectivity index (χ0v) is 21.9. The molecule has 1 aromatic carbocycles. The van der Waals surface area contributed by atoms with Gasteiger partial charge < -0.3 is 24.2 Å². The van der Waals surface area contributed by atoms with Crippen molar-refractivity contribution in [2.45, 2.75) is 31.5 Å². The normalized spacial score (nSPS) is 16.0. The number of ether oxygens (including phenoxy) is 2. The Hall–Kier alpha value is -3.11.